The number of aromatic nitrogens is 4. The number of aromatic amines is 1. The number of H-pyrrole nitrogens is 1. The molecule has 4 aromatic heterocycles. The number of para-hydroxylation sites is 1. The Labute approximate surface area is 262 Å². The number of fused-ring (bicyclic) bond motifs is 4. The number of benzene rings is 3. The summed E-state index contributed by atoms with van der Waals surface area (Å²) in [5, 5.41) is 11.6. The number of nitrogens with one attached hydrogen (secondary N) is 4. The first kappa shape index (κ1) is 28.5. The van der Waals surface area contributed by atoms with Gasteiger partial charge in [0.05, 0.1) is 12.7 Å². The third-order valence-electron chi connectivity index (χ3n) is 7.70. The van der Waals surface area contributed by atoms with Gasteiger partial charge in [-0.3, -0.25) is 23.9 Å². The standard InChI is InChI=1S/C35H29N7O4/c43-32(39-19-25-16-24-18-36-13-12-28(24)41-25)21-42-33(22-6-2-1-3-7-22)40-20-29(35(42)45)37-14-15-38-34(44)23-10-11-31-27(17-23)26-8-4-5-9-30(26)46-31/h1-13,16-18,20,37,41H,14-15,19,21H2,(H,38,44)(H,39,43). The molecule has 0 aliphatic heterocycles. The summed E-state index contributed by atoms with van der Waals surface area (Å²) in [4.78, 5) is 51.5. The van der Waals surface area contributed by atoms with Gasteiger partial charge in [0.25, 0.3) is 11.5 Å². The molecular weight excluding hydrogens is 582 g/mol. The Morgan fingerprint density at radius 3 is 2.54 bits per heavy atom. The minimum atomic E-state index is -0.399. The molecule has 0 saturated heterocycles. The normalized spacial score (nSPS) is 11.2. The van der Waals surface area contributed by atoms with Gasteiger partial charge in [0.15, 0.2) is 0 Å². The maximum Gasteiger partial charge on any atom is 0.277 e. The zero-order chi connectivity index (χ0) is 31.5. The summed E-state index contributed by atoms with van der Waals surface area (Å²) in [5.74, 6) is -0.213. The predicted molar refractivity (Wildman–Crippen MR) is 176 cm³/mol. The number of amides is 2. The molecule has 0 fully saturated rings. The fourth-order valence-electron chi connectivity index (χ4n) is 5.44. The molecule has 0 atom stereocenters. The SMILES string of the molecule is O=C(Cn1c(-c2ccccc2)ncc(NCCNC(=O)c2ccc3oc4ccccc4c3c2)c1=O)NCc1cc2cnccc2[nH]1. The van der Waals surface area contributed by atoms with Crippen molar-refractivity contribution < 1.29 is 14.0 Å². The lowest BCUT2D eigenvalue weighted by Crippen LogP contribution is -2.35. The molecule has 46 heavy (non-hydrogen) atoms. The summed E-state index contributed by atoms with van der Waals surface area (Å²) < 4.78 is 7.21. The van der Waals surface area contributed by atoms with E-state index in [0.717, 1.165) is 33.0 Å². The maximum absolute atomic E-state index is 13.6. The predicted octanol–water partition coefficient (Wildman–Crippen LogP) is 4.84. The lowest BCUT2D eigenvalue weighted by molar-refractivity contribution is -0.121. The Morgan fingerprint density at radius 2 is 1.67 bits per heavy atom. The van der Waals surface area contributed by atoms with Gasteiger partial charge in [0, 0.05) is 64.0 Å². The second-order valence-electron chi connectivity index (χ2n) is 10.8. The van der Waals surface area contributed by atoms with Crippen LogP contribution in [-0.4, -0.2) is 44.4 Å². The number of pyridine rings is 1. The number of anilines is 1. The lowest BCUT2D eigenvalue weighted by Gasteiger charge is -2.15. The van der Waals surface area contributed by atoms with Gasteiger partial charge in [-0.05, 0) is 36.4 Å². The van der Waals surface area contributed by atoms with Gasteiger partial charge >= 0.3 is 0 Å². The third-order valence-corrected chi connectivity index (χ3v) is 7.70. The van der Waals surface area contributed by atoms with Crippen molar-refractivity contribution in [2.24, 2.45) is 0 Å². The Balaban J connectivity index is 1.02. The molecule has 4 heterocycles. The van der Waals surface area contributed by atoms with Gasteiger partial charge in [-0.15, -0.1) is 0 Å². The van der Waals surface area contributed by atoms with Crippen molar-refractivity contribution in [3.8, 4) is 11.4 Å². The van der Waals surface area contributed by atoms with Crippen LogP contribution in [0.5, 0.6) is 0 Å². The van der Waals surface area contributed by atoms with Crippen LogP contribution in [-0.2, 0) is 17.9 Å². The van der Waals surface area contributed by atoms with E-state index >= 15 is 0 Å². The van der Waals surface area contributed by atoms with Gasteiger partial charge in [0.2, 0.25) is 5.91 Å². The van der Waals surface area contributed by atoms with Gasteiger partial charge < -0.3 is 25.4 Å². The van der Waals surface area contributed by atoms with Crippen LogP contribution in [0, 0.1) is 0 Å². The zero-order valence-electron chi connectivity index (χ0n) is 24.6. The molecule has 0 saturated carbocycles. The van der Waals surface area contributed by atoms with Gasteiger partial charge in [-0.2, -0.15) is 0 Å². The van der Waals surface area contributed by atoms with E-state index in [0.29, 0.717) is 22.5 Å². The van der Waals surface area contributed by atoms with Crippen LogP contribution in [0.15, 0.2) is 113 Å². The number of carbonyl (C=O) groups excluding carboxylic acids is 2. The van der Waals surface area contributed by atoms with E-state index in [2.05, 4.69) is 30.9 Å². The largest absolute Gasteiger partial charge is 0.456 e. The zero-order valence-corrected chi connectivity index (χ0v) is 24.6. The van der Waals surface area contributed by atoms with Crippen molar-refractivity contribution in [1.29, 1.82) is 0 Å². The van der Waals surface area contributed by atoms with Crippen LogP contribution in [0.2, 0.25) is 0 Å². The highest BCUT2D eigenvalue weighted by Gasteiger charge is 2.16. The molecule has 11 nitrogen and oxygen atoms in total. The Hall–Kier alpha value is -6.23. The molecule has 2 amide bonds. The molecule has 0 spiro atoms. The summed E-state index contributed by atoms with van der Waals surface area (Å²) in [6.07, 6.45) is 4.90. The van der Waals surface area contributed by atoms with Crippen molar-refractivity contribution in [3.05, 3.63) is 125 Å². The van der Waals surface area contributed by atoms with Crippen LogP contribution in [0.4, 0.5) is 5.69 Å². The highest BCUT2D eigenvalue weighted by Crippen LogP contribution is 2.29. The minimum Gasteiger partial charge on any atom is -0.456 e. The highest BCUT2D eigenvalue weighted by atomic mass is 16.3. The minimum absolute atomic E-state index is 0.219. The first-order chi connectivity index (χ1) is 22.5. The van der Waals surface area contributed by atoms with Crippen LogP contribution >= 0.6 is 0 Å². The fraction of sp³-hybridized carbons (Fsp3) is 0.114. The summed E-state index contributed by atoms with van der Waals surface area (Å²) in [6.45, 7) is 0.558. The van der Waals surface area contributed by atoms with E-state index < -0.39 is 5.56 Å². The second kappa shape index (κ2) is 12.4. The topological polar surface area (TPSA) is 147 Å². The summed E-state index contributed by atoms with van der Waals surface area (Å²) in [6, 6.07) is 26.0. The van der Waals surface area contributed by atoms with Crippen molar-refractivity contribution in [3.63, 3.8) is 0 Å². The van der Waals surface area contributed by atoms with E-state index in [9.17, 15) is 14.4 Å². The van der Waals surface area contributed by atoms with Crippen LogP contribution < -0.4 is 21.5 Å². The molecule has 0 unspecified atom stereocenters. The average Bonchev–Trinajstić information content (AvgIpc) is 3.68. The molecule has 11 heteroatoms. The average molecular weight is 612 g/mol. The number of nitrogens with zero attached hydrogens (tertiary/aromatic N) is 3. The molecule has 0 aliphatic rings. The monoisotopic (exact) mass is 611 g/mol. The molecule has 7 rings (SSSR count). The van der Waals surface area contributed by atoms with E-state index in [1.54, 1.807) is 24.5 Å². The molecular formula is C35H29N7O4. The number of furan rings is 1. The molecule has 0 bridgehead atoms. The molecule has 3 aromatic carbocycles. The molecule has 228 valence electrons. The highest BCUT2D eigenvalue weighted by molar-refractivity contribution is 6.08. The van der Waals surface area contributed by atoms with E-state index in [-0.39, 0.29) is 43.7 Å². The maximum atomic E-state index is 13.6. The van der Waals surface area contributed by atoms with E-state index in [1.807, 2.05) is 72.8 Å². The molecule has 4 N–H and O–H groups in total. The number of rotatable bonds is 10. The number of hydrogen-bond acceptors (Lipinski definition) is 7. The van der Waals surface area contributed by atoms with Gasteiger partial charge in [-0.25, -0.2) is 4.98 Å². The van der Waals surface area contributed by atoms with Gasteiger partial charge in [0.1, 0.15) is 29.2 Å². The van der Waals surface area contributed by atoms with E-state index in [1.165, 1.54) is 10.8 Å². The Morgan fingerprint density at radius 1 is 0.848 bits per heavy atom. The summed E-state index contributed by atoms with van der Waals surface area (Å²) in [7, 11) is 0. The summed E-state index contributed by atoms with van der Waals surface area (Å²) >= 11 is 0. The smallest absolute Gasteiger partial charge is 0.277 e. The Kier molecular flexibility index (Phi) is 7.70. The second-order valence-corrected chi connectivity index (χ2v) is 10.8. The third kappa shape index (κ3) is 5.81. The molecule has 0 radical (unpaired) electrons. The number of hydrogen-bond donors (Lipinski definition) is 4. The lowest BCUT2D eigenvalue weighted by atomic mass is 10.1. The molecule has 0 aliphatic carbocycles. The quantitative estimate of drug-likeness (QED) is 0.162. The number of carbonyl (C=O) groups is 2. The first-order valence-corrected chi connectivity index (χ1v) is 14.8. The van der Waals surface area contributed by atoms with Crippen molar-refractivity contribution in [2.45, 2.75) is 13.1 Å². The Bertz CT molecular complexity index is 2240. The van der Waals surface area contributed by atoms with Crippen molar-refractivity contribution in [1.82, 2.24) is 30.2 Å². The van der Waals surface area contributed by atoms with Gasteiger partial charge in [-0.1, -0.05) is 48.5 Å². The molecule has 7 aromatic rings. The first-order valence-electron chi connectivity index (χ1n) is 14.8. The van der Waals surface area contributed by atoms with Crippen LogP contribution in [0.25, 0.3) is 44.2 Å². The van der Waals surface area contributed by atoms with Crippen molar-refractivity contribution >= 4 is 50.3 Å². The van der Waals surface area contributed by atoms with Crippen LogP contribution in [0.3, 0.4) is 0 Å². The van der Waals surface area contributed by atoms with Crippen molar-refractivity contribution in [2.75, 3.05) is 18.4 Å². The fourth-order valence-corrected chi connectivity index (χ4v) is 5.44. The summed E-state index contributed by atoms with van der Waals surface area (Å²) in [5.41, 5.74) is 4.25. The van der Waals surface area contributed by atoms with Crippen LogP contribution in [0.1, 0.15) is 16.1 Å². The van der Waals surface area contributed by atoms with E-state index in [4.69, 9.17) is 4.42 Å².